The third-order valence-corrected chi connectivity index (χ3v) is 5.75. The van der Waals surface area contributed by atoms with Gasteiger partial charge in [-0.05, 0) is 12.1 Å². The van der Waals surface area contributed by atoms with Crippen LogP contribution in [-0.2, 0) is 23.2 Å². The molecule has 0 fully saturated rings. The number of nitrogens with one attached hydrogen (secondary N) is 1. The first-order valence-electron chi connectivity index (χ1n) is 8.70. The monoisotopic (exact) mass is 452 g/mol. The Labute approximate surface area is 174 Å². The van der Waals surface area contributed by atoms with E-state index in [9.17, 15) is 21.6 Å². The predicted molar refractivity (Wildman–Crippen MR) is 104 cm³/mol. The summed E-state index contributed by atoms with van der Waals surface area (Å²) < 4.78 is 74.9. The Morgan fingerprint density at radius 1 is 1.13 bits per heavy atom. The maximum absolute atomic E-state index is 13.1. The van der Waals surface area contributed by atoms with Crippen molar-refractivity contribution in [1.29, 1.82) is 0 Å². The number of anilines is 1. The minimum atomic E-state index is -4.64. The van der Waals surface area contributed by atoms with Crippen LogP contribution in [0.15, 0.2) is 53.8 Å². The molecule has 162 valence electrons. The van der Waals surface area contributed by atoms with Crippen LogP contribution in [0.3, 0.4) is 0 Å². The van der Waals surface area contributed by atoms with E-state index in [-0.39, 0.29) is 16.6 Å². The smallest absolute Gasteiger partial charge is 0.416 e. The van der Waals surface area contributed by atoms with Crippen molar-refractivity contribution in [3.63, 3.8) is 0 Å². The highest BCUT2D eigenvalue weighted by atomic mass is 32.2. The van der Waals surface area contributed by atoms with Gasteiger partial charge in [0.2, 0.25) is 5.88 Å². The Balaban J connectivity index is 1.71. The van der Waals surface area contributed by atoms with E-state index in [0.29, 0.717) is 11.2 Å². The highest BCUT2D eigenvalue weighted by Gasteiger charge is 2.32. The molecule has 0 unspecified atom stereocenters. The molecule has 3 heterocycles. The second kappa shape index (κ2) is 7.27. The van der Waals surface area contributed by atoms with Gasteiger partial charge < -0.3 is 4.74 Å². The third-order valence-electron chi connectivity index (χ3n) is 4.43. The number of methoxy groups -OCH3 is 1. The van der Waals surface area contributed by atoms with E-state index < -0.39 is 21.8 Å². The fourth-order valence-electron chi connectivity index (χ4n) is 2.97. The number of aromatic nitrogens is 5. The summed E-state index contributed by atoms with van der Waals surface area (Å²) in [7, 11) is -1.25. The number of fused-ring (bicyclic) bond motifs is 1. The van der Waals surface area contributed by atoms with Crippen molar-refractivity contribution in [2.75, 3.05) is 11.8 Å². The van der Waals surface area contributed by atoms with Crippen LogP contribution in [0.2, 0.25) is 0 Å². The molecule has 13 heteroatoms. The molecule has 9 nitrogen and oxygen atoms in total. The highest BCUT2D eigenvalue weighted by Crippen LogP contribution is 2.32. The first-order chi connectivity index (χ1) is 14.6. The maximum Gasteiger partial charge on any atom is 0.416 e. The van der Waals surface area contributed by atoms with E-state index in [1.807, 2.05) is 0 Å². The molecule has 3 aromatic heterocycles. The number of aryl methyl sites for hydroxylation is 1. The molecule has 0 saturated heterocycles. The number of hydrogen-bond donors (Lipinski definition) is 1. The summed E-state index contributed by atoms with van der Waals surface area (Å²) in [4.78, 5) is 3.65. The van der Waals surface area contributed by atoms with Gasteiger partial charge in [0, 0.05) is 18.5 Å². The van der Waals surface area contributed by atoms with Crippen LogP contribution in [0.4, 0.5) is 18.9 Å². The molecule has 4 aromatic rings. The summed E-state index contributed by atoms with van der Waals surface area (Å²) in [5, 5.41) is 8.69. The topological polar surface area (TPSA) is 104 Å². The van der Waals surface area contributed by atoms with Gasteiger partial charge in [-0.25, -0.2) is 13.1 Å². The number of nitrogens with zero attached hydrogens (tertiary/aromatic N) is 5. The van der Waals surface area contributed by atoms with E-state index in [1.54, 1.807) is 31.4 Å². The van der Waals surface area contributed by atoms with Crippen molar-refractivity contribution in [2.45, 2.75) is 11.1 Å². The average molecular weight is 452 g/mol. The van der Waals surface area contributed by atoms with Crippen LogP contribution in [0, 0.1) is 0 Å². The zero-order chi connectivity index (χ0) is 22.4. The lowest BCUT2D eigenvalue weighted by molar-refractivity contribution is -0.137. The van der Waals surface area contributed by atoms with Gasteiger partial charge in [0.15, 0.2) is 5.82 Å². The summed E-state index contributed by atoms with van der Waals surface area (Å²) in [5.74, 6) is -0.535. The van der Waals surface area contributed by atoms with Gasteiger partial charge in [0.05, 0.1) is 42.5 Å². The molecule has 1 aromatic carbocycles. The molecule has 0 radical (unpaired) electrons. The first-order valence-corrected chi connectivity index (χ1v) is 10.2. The molecule has 0 bridgehead atoms. The Morgan fingerprint density at radius 2 is 1.90 bits per heavy atom. The number of benzene rings is 1. The zero-order valence-corrected chi connectivity index (χ0v) is 16.9. The third kappa shape index (κ3) is 3.91. The van der Waals surface area contributed by atoms with Gasteiger partial charge in [-0.2, -0.15) is 28.4 Å². The van der Waals surface area contributed by atoms with Gasteiger partial charge in [0.25, 0.3) is 10.0 Å². The van der Waals surface area contributed by atoms with E-state index in [2.05, 4.69) is 19.9 Å². The van der Waals surface area contributed by atoms with Gasteiger partial charge in [-0.1, -0.05) is 12.1 Å². The summed E-state index contributed by atoms with van der Waals surface area (Å²) >= 11 is 0. The molecule has 0 aliphatic rings. The fourth-order valence-corrected chi connectivity index (χ4v) is 3.96. The summed E-state index contributed by atoms with van der Waals surface area (Å²) in [6.07, 6.45) is -0.970. The molecule has 4 rings (SSSR count). The predicted octanol–water partition coefficient (Wildman–Crippen LogP) is 2.98. The van der Waals surface area contributed by atoms with Gasteiger partial charge in [-0.3, -0.25) is 9.40 Å². The Bertz CT molecular complexity index is 1380. The van der Waals surface area contributed by atoms with Crippen molar-refractivity contribution >= 4 is 26.6 Å². The zero-order valence-electron chi connectivity index (χ0n) is 16.1. The number of rotatable bonds is 5. The van der Waals surface area contributed by atoms with Crippen molar-refractivity contribution in [3.05, 3.63) is 54.5 Å². The molecule has 1 N–H and O–H groups in total. The summed E-state index contributed by atoms with van der Waals surface area (Å²) in [6.45, 7) is 0. The molecule has 31 heavy (non-hydrogen) atoms. The highest BCUT2D eigenvalue weighted by molar-refractivity contribution is 7.92. The summed E-state index contributed by atoms with van der Waals surface area (Å²) in [6, 6.07) is 6.51. The van der Waals surface area contributed by atoms with Crippen LogP contribution in [0.25, 0.3) is 16.7 Å². The number of halogens is 3. The van der Waals surface area contributed by atoms with Crippen molar-refractivity contribution in [2.24, 2.45) is 7.05 Å². The normalized spacial score (nSPS) is 12.3. The lowest BCUT2D eigenvalue weighted by Gasteiger charge is -2.10. The number of ether oxygens (including phenoxy) is 1. The van der Waals surface area contributed by atoms with Crippen LogP contribution < -0.4 is 9.46 Å². The molecule has 0 aliphatic carbocycles. The second-order valence-corrected chi connectivity index (χ2v) is 8.17. The van der Waals surface area contributed by atoms with E-state index >= 15 is 0 Å². The van der Waals surface area contributed by atoms with Gasteiger partial charge in [0.1, 0.15) is 4.90 Å². The largest absolute Gasteiger partial charge is 0.481 e. The number of alkyl halides is 3. The second-order valence-electron chi connectivity index (χ2n) is 6.49. The van der Waals surface area contributed by atoms with Crippen LogP contribution in [-0.4, -0.2) is 40.1 Å². The number of para-hydroxylation sites is 1. The van der Waals surface area contributed by atoms with Crippen LogP contribution >= 0.6 is 0 Å². The van der Waals surface area contributed by atoms with Crippen molar-refractivity contribution < 1.29 is 26.3 Å². The van der Waals surface area contributed by atoms with E-state index in [1.165, 1.54) is 11.8 Å². The molecular weight excluding hydrogens is 437 g/mol. The lowest BCUT2D eigenvalue weighted by atomic mass is 10.2. The molecule has 0 atom stereocenters. The van der Waals surface area contributed by atoms with E-state index in [0.717, 1.165) is 34.6 Å². The SMILES string of the molecule is COc1cc(C(F)(F)F)cc(-n2cc(S(=O)(=O)Nc3cccc4cnn(C)c34)cn2)n1. The molecule has 0 saturated carbocycles. The Morgan fingerprint density at radius 3 is 2.61 bits per heavy atom. The van der Waals surface area contributed by atoms with Crippen molar-refractivity contribution in [3.8, 4) is 11.7 Å². The van der Waals surface area contributed by atoms with Crippen LogP contribution in [0.1, 0.15) is 5.56 Å². The molecule has 0 amide bonds. The fraction of sp³-hybridized carbons (Fsp3) is 0.167. The lowest BCUT2D eigenvalue weighted by Crippen LogP contribution is -2.13. The van der Waals surface area contributed by atoms with Crippen LogP contribution in [0.5, 0.6) is 5.88 Å². The molecule has 0 aliphatic heterocycles. The summed E-state index contributed by atoms with van der Waals surface area (Å²) in [5.41, 5.74) is -0.137. The average Bonchev–Trinajstić information content (AvgIpc) is 3.35. The Hall–Kier alpha value is -3.61. The van der Waals surface area contributed by atoms with Gasteiger partial charge in [-0.15, -0.1) is 0 Å². The van der Waals surface area contributed by atoms with Crippen molar-refractivity contribution in [1.82, 2.24) is 24.5 Å². The Kier molecular flexibility index (Phi) is 4.84. The minimum absolute atomic E-state index is 0.248. The molecular formula is C18H15F3N6O3S. The number of pyridine rings is 1. The number of hydrogen-bond acceptors (Lipinski definition) is 6. The first kappa shape index (κ1) is 20.7. The van der Waals surface area contributed by atoms with E-state index in [4.69, 9.17) is 4.74 Å². The van der Waals surface area contributed by atoms with Gasteiger partial charge >= 0.3 is 6.18 Å². The minimum Gasteiger partial charge on any atom is -0.481 e. The maximum atomic E-state index is 13.1. The number of sulfonamides is 1. The quantitative estimate of drug-likeness (QED) is 0.499. The standard InChI is InChI=1S/C18H15F3N6O3S/c1-26-17-11(8-22-26)4-3-5-14(17)25-31(28,29)13-9-23-27(10-13)15-6-12(18(19,20)21)7-16(24-15)30-2/h3-10,25H,1-2H3. The molecule has 0 spiro atoms.